The average Bonchev–Trinajstić information content (AvgIpc) is 2.65. The maximum atomic E-state index is 12.0. The summed E-state index contributed by atoms with van der Waals surface area (Å²) in [6.45, 7) is 2.43. The number of ketones is 1. The Bertz CT molecular complexity index is 836. The van der Waals surface area contributed by atoms with Gasteiger partial charge in [0.2, 0.25) is 5.91 Å². The van der Waals surface area contributed by atoms with Crippen LogP contribution in [0.2, 0.25) is 10.0 Å². The number of carbonyl (C=O) groups excluding carboxylic acids is 3. The van der Waals surface area contributed by atoms with Crippen molar-refractivity contribution in [3.63, 3.8) is 0 Å². The standard InChI is InChI=1S/C20H20Cl2N2O3/c1-13-2-4-14(5-3-13)18(25)8-9-19(26)23-10-11-24-20(27)16-12-15(21)6-7-17(16)22/h2-7,12H,8-11H2,1H3,(H,23,26)(H,24,27). The molecule has 0 saturated carbocycles. The highest BCUT2D eigenvalue weighted by molar-refractivity contribution is 6.35. The number of carbonyl (C=O) groups is 3. The zero-order chi connectivity index (χ0) is 19.8. The van der Waals surface area contributed by atoms with E-state index in [0.717, 1.165) is 5.56 Å². The highest BCUT2D eigenvalue weighted by Gasteiger charge is 2.11. The van der Waals surface area contributed by atoms with Crippen molar-refractivity contribution in [2.45, 2.75) is 19.8 Å². The van der Waals surface area contributed by atoms with Crippen molar-refractivity contribution >= 4 is 40.8 Å². The molecule has 2 aromatic carbocycles. The van der Waals surface area contributed by atoms with Gasteiger partial charge in [0.15, 0.2) is 5.78 Å². The number of halogens is 2. The SMILES string of the molecule is Cc1ccc(C(=O)CCC(=O)NCCNC(=O)c2cc(Cl)ccc2Cl)cc1. The maximum Gasteiger partial charge on any atom is 0.252 e. The van der Waals surface area contributed by atoms with Gasteiger partial charge in [-0.05, 0) is 25.1 Å². The molecule has 2 N–H and O–H groups in total. The molecule has 2 amide bonds. The molecule has 0 heterocycles. The first-order chi connectivity index (χ1) is 12.9. The van der Waals surface area contributed by atoms with Crippen LogP contribution in [0.3, 0.4) is 0 Å². The maximum absolute atomic E-state index is 12.0. The first-order valence-electron chi connectivity index (χ1n) is 8.46. The van der Waals surface area contributed by atoms with Gasteiger partial charge < -0.3 is 10.6 Å². The van der Waals surface area contributed by atoms with Crippen LogP contribution in [0.15, 0.2) is 42.5 Å². The summed E-state index contributed by atoms with van der Waals surface area (Å²) >= 11 is 11.8. The molecule has 7 heteroatoms. The Balaban J connectivity index is 1.68. The lowest BCUT2D eigenvalue weighted by Gasteiger charge is -2.08. The molecule has 0 aliphatic rings. The van der Waals surface area contributed by atoms with E-state index in [1.807, 2.05) is 19.1 Å². The number of hydrogen-bond donors (Lipinski definition) is 2. The number of Topliss-reactive ketones (excluding diaryl/α,β-unsaturated/α-hetero) is 1. The molecule has 0 unspecified atom stereocenters. The van der Waals surface area contributed by atoms with Crippen molar-refractivity contribution in [3.05, 3.63) is 69.2 Å². The fourth-order valence-electron chi connectivity index (χ4n) is 2.34. The fraction of sp³-hybridized carbons (Fsp3) is 0.250. The lowest BCUT2D eigenvalue weighted by molar-refractivity contribution is -0.121. The lowest BCUT2D eigenvalue weighted by atomic mass is 10.1. The van der Waals surface area contributed by atoms with E-state index in [4.69, 9.17) is 23.2 Å². The van der Waals surface area contributed by atoms with E-state index in [1.165, 1.54) is 6.07 Å². The smallest absolute Gasteiger partial charge is 0.252 e. The predicted molar refractivity (Wildman–Crippen MR) is 107 cm³/mol. The van der Waals surface area contributed by atoms with Gasteiger partial charge in [-0.25, -0.2) is 0 Å². The van der Waals surface area contributed by atoms with Crippen LogP contribution in [-0.2, 0) is 4.79 Å². The van der Waals surface area contributed by atoms with E-state index in [9.17, 15) is 14.4 Å². The van der Waals surface area contributed by atoms with Gasteiger partial charge in [-0.1, -0.05) is 53.0 Å². The molecule has 27 heavy (non-hydrogen) atoms. The van der Waals surface area contributed by atoms with Gasteiger partial charge in [0.1, 0.15) is 0 Å². The quantitative estimate of drug-likeness (QED) is 0.516. The molecule has 2 aromatic rings. The van der Waals surface area contributed by atoms with Crippen molar-refractivity contribution in [1.29, 1.82) is 0 Å². The van der Waals surface area contributed by atoms with E-state index >= 15 is 0 Å². The molecule has 0 aromatic heterocycles. The molecule has 0 bridgehead atoms. The van der Waals surface area contributed by atoms with Crippen LogP contribution in [0.25, 0.3) is 0 Å². The fourth-order valence-corrected chi connectivity index (χ4v) is 2.72. The third-order valence-corrected chi connectivity index (χ3v) is 4.42. The third-order valence-electron chi connectivity index (χ3n) is 3.86. The minimum absolute atomic E-state index is 0.0750. The predicted octanol–water partition coefficient (Wildman–Crippen LogP) is 3.81. The summed E-state index contributed by atoms with van der Waals surface area (Å²) < 4.78 is 0. The van der Waals surface area contributed by atoms with Gasteiger partial charge in [-0.2, -0.15) is 0 Å². The highest BCUT2D eigenvalue weighted by atomic mass is 35.5. The molecule has 0 spiro atoms. The number of rotatable bonds is 8. The van der Waals surface area contributed by atoms with Crippen LogP contribution >= 0.6 is 23.2 Å². The number of benzene rings is 2. The molecule has 2 rings (SSSR count). The minimum Gasteiger partial charge on any atom is -0.354 e. The Hall–Kier alpha value is -2.37. The molecule has 0 fully saturated rings. The summed E-state index contributed by atoms with van der Waals surface area (Å²) in [4.78, 5) is 35.9. The second kappa shape index (κ2) is 10.1. The largest absolute Gasteiger partial charge is 0.354 e. The molecular weight excluding hydrogens is 387 g/mol. The zero-order valence-corrected chi connectivity index (χ0v) is 16.4. The van der Waals surface area contributed by atoms with E-state index in [0.29, 0.717) is 15.6 Å². The molecule has 5 nitrogen and oxygen atoms in total. The van der Waals surface area contributed by atoms with E-state index in [-0.39, 0.29) is 49.1 Å². The van der Waals surface area contributed by atoms with Crippen molar-refractivity contribution in [2.75, 3.05) is 13.1 Å². The topological polar surface area (TPSA) is 75.3 Å². The van der Waals surface area contributed by atoms with Crippen LogP contribution in [0, 0.1) is 6.92 Å². The van der Waals surface area contributed by atoms with Crippen LogP contribution in [0.5, 0.6) is 0 Å². The Kier molecular flexibility index (Phi) is 7.82. The lowest BCUT2D eigenvalue weighted by Crippen LogP contribution is -2.34. The molecular formula is C20H20Cl2N2O3. The Morgan fingerprint density at radius 3 is 2.26 bits per heavy atom. The van der Waals surface area contributed by atoms with E-state index in [1.54, 1.807) is 24.3 Å². The van der Waals surface area contributed by atoms with E-state index < -0.39 is 0 Å². The third kappa shape index (κ3) is 6.70. The van der Waals surface area contributed by atoms with Crippen LogP contribution < -0.4 is 10.6 Å². The second-order valence-electron chi connectivity index (χ2n) is 6.02. The second-order valence-corrected chi connectivity index (χ2v) is 6.86. The van der Waals surface area contributed by atoms with Gasteiger partial charge >= 0.3 is 0 Å². The zero-order valence-electron chi connectivity index (χ0n) is 14.9. The summed E-state index contributed by atoms with van der Waals surface area (Å²) in [6, 6.07) is 11.9. The van der Waals surface area contributed by atoms with Crippen LogP contribution in [0.1, 0.15) is 39.1 Å². The Morgan fingerprint density at radius 2 is 1.56 bits per heavy atom. The van der Waals surface area contributed by atoms with Gasteiger partial charge in [0.05, 0.1) is 10.6 Å². The Labute approximate surface area is 168 Å². The average molecular weight is 407 g/mol. The highest BCUT2D eigenvalue weighted by Crippen LogP contribution is 2.20. The molecule has 0 aliphatic carbocycles. The summed E-state index contributed by atoms with van der Waals surface area (Å²) in [5, 5.41) is 6.04. The summed E-state index contributed by atoms with van der Waals surface area (Å²) in [7, 11) is 0. The molecule has 142 valence electrons. The molecule has 0 radical (unpaired) electrons. The Morgan fingerprint density at radius 1 is 0.889 bits per heavy atom. The van der Waals surface area contributed by atoms with Gasteiger partial charge in [-0.3, -0.25) is 14.4 Å². The number of amides is 2. The first-order valence-corrected chi connectivity index (χ1v) is 9.22. The van der Waals surface area contributed by atoms with Crippen molar-refractivity contribution in [2.24, 2.45) is 0 Å². The van der Waals surface area contributed by atoms with Crippen molar-refractivity contribution in [3.8, 4) is 0 Å². The van der Waals surface area contributed by atoms with Crippen molar-refractivity contribution < 1.29 is 14.4 Å². The van der Waals surface area contributed by atoms with Gasteiger partial charge in [0.25, 0.3) is 5.91 Å². The van der Waals surface area contributed by atoms with Crippen LogP contribution in [0.4, 0.5) is 0 Å². The minimum atomic E-state index is -0.369. The number of hydrogen-bond acceptors (Lipinski definition) is 3. The summed E-state index contributed by atoms with van der Waals surface area (Å²) in [5.74, 6) is -0.689. The van der Waals surface area contributed by atoms with Gasteiger partial charge in [0, 0.05) is 36.5 Å². The molecule has 0 aliphatic heterocycles. The number of nitrogens with one attached hydrogen (secondary N) is 2. The van der Waals surface area contributed by atoms with E-state index in [2.05, 4.69) is 10.6 Å². The summed E-state index contributed by atoms with van der Waals surface area (Å²) in [6.07, 6.45) is 0.236. The van der Waals surface area contributed by atoms with Gasteiger partial charge in [-0.15, -0.1) is 0 Å². The molecule has 0 atom stereocenters. The van der Waals surface area contributed by atoms with Crippen LogP contribution in [-0.4, -0.2) is 30.7 Å². The monoisotopic (exact) mass is 406 g/mol. The first kappa shape index (κ1) is 20.9. The van der Waals surface area contributed by atoms with Crippen molar-refractivity contribution in [1.82, 2.24) is 10.6 Å². The number of aryl methyl sites for hydroxylation is 1. The normalized spacial score (nSPS) is 10.3. The summed E-state index contributed by atoms with van der Waals surface area (Å²) in [5.41, 5.74) is 1.95. The molecule has 0 saturated heterocycles.